The highest BCUT2D eigenvalue weighted by molar-refractivity contribution is 5.65. The Morgan fingerprint density at radius 3 is 2.67 bits per heavy atom. The third-order valence-corrected chi connectivity index (χ3v) is 4.11. The Balaban J connectivity index is 2.76. The molecule has 0 spiro atoms. The fourth-order valence-corrected chi connectivity index (χ4v) is 2.75. The first-order valence-corrected chi connectivity index (χ1v) is 7.76. The van der Waals surface area contributed by atoms with E-state index in [-0.39, 0.29) is 5.41 Å². The highest BCUT2D eigenvalue weighted by Crippen LogP contribution is 2.40. The van der Waals surface area contributed by atoms with E-state index < -0.39 is 0 Å². The third kappa shape index (κ3) is 5.73. The summed E-state index contributed by atoms with van der Waals surface area (Å²) < 4.78 is 0. The molecule has 0 aromatic heterocycles. The molecule has 0 aromatic rings. The van der Waals surface area contributed by atoms with Gasteiger partial charge in [0, 0.05) is 0 Å². The van der Waals surface area contributed by atoms with Crippen LogP contribution in [0.5, 0.6) is 0 Å². The monoisotopic (exact) mass is 284 g/mol. The molecule has 0 amide bonds. The lowest BCUT2D eigenvalue weighted by atomic mass is 9.73. The van der Waals surface area contributed by atoms with E-state index in [1.54, 1.807) is 6.08 Å². The summed E-state index contributed by atoms with van der Waals surface area (Å²) >= 11 is 0. The molecule has 0 aromatic carbocycles. The van der Waals surface area contributed by atoms with E-state index in [2.05, 4.69) is 45.6 Å². The summed E-state index contributed by atoms with van der Waals surface area (Å²) in [7, 11) is 0. The summed E-state index contributed by atoms with van der Waals surface area (Å²) in [5.74, 6) is 0. The van der Waals surface area contributed by atoms with Crippen LogP contribution in [0.3, 0.4) is 0 Å². The van der Waals surface area contributed by atoms with Gasteiger partial charge in [-0.25, -0.2) is 0 Å². The molecule has 114 valence electrons. The Labute approximate surface area is 129 Å². The van der Waals surface area contributed by atoms with Crippen molar-refractivity contribution in [2.45, 2.75) is 60.3 Å². The van der Waals surface area contributed by atoms with E-state index in [0.717, 1.165) is 24.7 Å². The maximum absolute atomic E-state index is 10.4. The molecule has 1 nitrogen and oxygen atoms in total. The second-order valence-electron chi connectivity index (χ2n) is 6.61. The zero-order valence-corrected chi connectivity index (χ0v) is 14.1. The van der Waals surface area contributed by atoms with Crippen molar-refractivity contribution in [3.63, 3.8) is 0 Å². The van der Waals surface area contributed by atoms with Gasteiger partial charge in [-0.2, -0.15) is 0 Å². The van der Waals surface area contributed by atoms with Crippen LogP contribution in [0.1, 0.15) is 60.3 Å². The lowest BCUT2D eigenvalue weighted by Gasteiger charge is -2.32. The van der Waals surface area contributed by atoms with Gasteiger partial charge in [0.2, 0.25) is 0 Å². The topological polar surface area (TPSA) is 17.1 Å². The van der Waals surface area contributed by atoms with Crippen molar-refractivity contribution < 1.29 is 4.79 Å². The fourth-order valence-electron chi connectivity index (χ4n) is 2.75. The van der Waals surface area contributed by atoms with Gasteiger partial charge in [-0.15, -0.1) is 5.73 Å². The van der Waals surface area contributed by atoms with Crippen LogP contribution >= 0.6 is 0 Å². The van der Waals surface area contributed by atoms with Gasteiger partial charge in [0.05, 0.1) is 0 Å². The molecule has 0 saturated carbocycles. The largest absolute Gasteiger partial charge is 0.299 e. The van der Waals surface area contributed by atoms with E-state index >= 15 is 0 Å². The van der Waals surface area contributed by atoms with Gasteiger partial charge < -0.3 is 0 Å². The van der Waals surface area contributed by atoms with Gasteiger partial charge in [-0.05, 0) is 75.2 Å². The highest BCUT2D eigenvalue weighted by atomic mass is 16.1. The fraction of sp³-hybridized carbons (Fsp3) is 0.500. The third-order valence-electron chi connectivity index (χ3n) is 4.11. The zero-order chi connectivity index (χ0) is 15.9. The minimum Gasteiger partial charge on any atom is -0.299 e. The molecule has 1 aliphatic carbocycles. The van der Waals surface area contributed by atoms with Crippen LogP contribution in [0.2, 0.25) is 0 Å². The van der Waals surface area contributed by atoms with Crippen molar-refractivity contribution in [1.29, 1.82) is 0 Å². The van der Waals surface area contributed by atoms with E-state index in [1.807, 2.05) is 13.0 Å². The minimum atomic E-state index is 0.284. The molecule has 0 unspecified atom stereocenters. The van der Waals surface area contributed by atoms with Gasteiger partial charge in [-0.1, -0.05) is 37.1 Å². The van der Waals surface area contributed by atoms with Crippen molar-refractivity contribution in [2.24, 2.45) is 5.41 Å². The first kappa shape index (κ1) is 17.5. The van der Waals surface area contributed by atoms with E-state index in [4.69, 9.17) is 0 Å². The average Bonchev–Trinajstić information content (AvgIpc) is 2.37. The van der Waals surface area contributed by atoms with Crippen LogP contribution in [0, 0.1) is 5.41 Å². The SMILES string of the molecule is CC(=C=CC/C(C)=C\C=O)C/C=C1/C(C)=CCCC1(C)C. The summed E-state index contributed by atoms with van der Waals surface area (Å²) in [6.07, 6.45) is 13.3. The number of hydrogen-bond donors (Lipinski definition) is 0. The van der Waals surface area contributed by atoms with Crippen LogP contribution in [0.25, 0.3) is 0 Å². The predicted molar refractivity (Wildman–Crippen MR) is 91.2 cm³/mol. The summed E-state index contributed by atoms with van der Waals surface area (Å²) in [4.78, 5) is 10.4. The molecule has 0 radical (unpaired) electrons. The molecule has 21 heavy (non-hydrogen) atoms. The Kier molecular flexibility index (Phi) is 6.65. The lowest BCUT2D eigenvalue weighted by Crippen LogP contribution is -2.18. The van der Waals surface area contributed by atoms with E-state index in [9.17, 15) is 4.79 Å². The van der Waals surface area contributed by atoms with Crippen LogP contribution in [0.4, 0.5) is 0 Å². The summed E-state index contributed by atoms with van der Waals surface area (Å²) in [6.45, 7) is 11.0. The second kappa shape index (κ2) is 8.00. The number of aldehydes is 1. The molecule has 0 fully saturated rings. The smallest absolute Gasteiger partial charge is 0.142 e. The van der Waals surface area contributed by atoms with Gasteiger partial charge in [0.1, 0.15) is 6.29 Å². The highest BCUT2D eigenvalue weighted by Gasteiger charge is 2.26. The Morgan fingerprint density at radius 2 is 2.05 bits per heavy atom. The first-order valence-electron chi connectivity index (χ1n) is 7.76. The zero-order valence-electron chi connectivity index (χ0n) is 14.1. The molecule has 1 rings (SSSR count). The Bertz CT molecular complexity index is 532. The van der Waals surface area contributed by atoms with Gasteiger partial charge in [-0.3, -0.25) is 4.79 Å². The second-order valence-corrected chi connectivity index (χ2v) is 6.61. The molecular formula is C20H28O. The molecule has 0 bridgehead atoms. The number of carbonyl (C=O) groups excluding carboxylic acids is 1. The lowest BCUT2D eigenvalue weighted by molar-refractivity contribution is -0.104. The molecule has 0 atom stereocenters. The van der Waals surface area contributed by atoms with Crippen LogP contribution in [-0.2, 0) is 4.79 Å². The number of carbonyl (C=O) groups is 1. The predicted octanol–water partition coefficient (Wildman–Crippen LogP) is 5.71. The van der Waals surface area contributed by atoms with Gasteiger partial charge in [0.25, 0.3) is 0 Å². The standard InChI is InChI=1S/C20H28O/c1-16(8-6-9-17(2)13-15-21)11-12-19-18(3)10-7-14-20(19,4)5/h6,10,12-13,15H,7,9,11,14H2,1-5H3/b17-13-,19-12-. The number of rotatable bonds is 5. The molecule has 0 heterocycles. The molecule has 0 aliphatic heterocycles. The Morgan fingerprint density at radius 1 is 1.33 bits per heavy atom. The average molecular weight is 284 g/mol. The van der Waals surface area contributed by atoms with Crippen molar-refractivity contribution >= 4 is 6.29 Å². The van der Waals surface area contributed by atoms with Crippen molar-refractivity contribution in [1.82, 2.24) is 0 Å². The number of hydrogen-bond acceptors (Lipinski definition) is 1. The Hall–Kier alpha value is -1.59. The van der Waals surface area contributed by atoms with Crippen LogP contribution in [-0.4, -0.2) is 6.29 Å². The van der Waals surface area contributed by atoms with Crippen molar-refractivity contribution in [3.8, 4) is 0 Å². The van der Waals surface area contributed by atoms with Crippen LogP contribution in [0.15, 0.2) is 52.3 Å². The molecular weight excluding hydrogens is 256 g/mol. The van der Waals surface area contributed by atoms with E-state index in [0.29, 0.717) is 0 Å². The first-order chi connectivity index (χ1) is 9.86. The molecule has 1 heteroatoms. The van der Waals surface area contributed by atoms with E-state index in [1.165, 1.54) is 29.6 Å². The van der Waals surface area contributed by atoms with Crippen molar-refractivity contribution in [3.05, 3.63) is 52.3 Å². The maximum atomic E-state index is 10.4. The molecule has 0 N–H and O–H groups in total. The summed E-state index contributed by atoms with van der Waals surface area (Å²) in [5, 5.41) is 0. The number of allylic oxidation sites excluding steroid dienone is 7. The summed E-state index contributed by atoms with van der Waals surface area (Å²) in [6, 6.07) is 0. The minimum absolute atomic E-state index is 0.284. The van der Waals surface area contributed by atoms with Gasteiger partial charge >= 0.3 is 0 Å². The van der Waals surface area contributed by atoms with Crippen LogP contribution < -0.4 is 0 Å². The molecule has 0 saturated heterocycles. The summed E-state index contributed by atoms with van der Waals surface area (Å²) in [5.41, 5.74) is 8.81. The van der Waals surface area contributed by atoms with Crippen molar-refractivity contribution in [2.75, 3.05) is 0 Å². The normalized spacial score (nSPS) is 19.8. The van der Waals surface area contributed by atoms with Gasteiger partial charge in [0.15, 0.2) is 0 Å². The quantitative estimate of drug-likeness (QED) is 0.359. The maximum Gasteiger partial charge on any atom is 0.142 e. The molecule has 1 aliphatic rings.